The lowest BCUT2D eigenvalue weighted by Gasteiger charge is -2.28. The predicted octanol–water partition coefficient (Wildman–Crippen LogP) is 2.53. The molecule has 2 rings (SSSR count). The Kier molecular flexibility index (Phi) is 4.80. The molecule has 0 aromatic heterocycles. The van der Waals surface area contributed by atoms with E-state index in [0.717, 1.165) is 18.2 Å². The second-order valence-corrected chi connectivity index (χ2v) is 5.34. The predicted molar refractivity (Wildman–Crippen MR) is 76.7 cm³/mol. The molecule has 1 aliphatic rings. The SMILES string of the molecule is CN1CCC(CCNc2ccc(C(=O)O)cc2)CC1. The zero-order valence-electron chi connectivity index (χ0n) is 11.4. The number of aromatic carboxylic acids is 1. The van der Waals surface area contributed by atoms with Crippen molar-refractivity contribution in [3.8, 4) is 0 Å². The van der Waals surface area contributed by atoms with Gasteiger partial charge in [0.2, 0.25) is 0 Å². The summed E-state index contributed by atoms with van der Waals surface area (Å²) < 4.78 is 0. The van der Waals surface area contributed by atoms with Gasteiger partial charge in [0.25, 0.3) is 0 Å². The monoisotopic (exact) mass is 262 g/mol. The van der Waals surface area contributed by atoms with E-state index in [1.807, 2.05) is 12.1 Å². The van der Waals surface area contributed by atoms with Gasteiger partial charge in [-0.2, -0.15) is 0 Å². The van der Waals surface area contributed by atoms with Crippen LogP contribution in [-0.2, 0) is 0 Å². The first kappa shape index (κ1) is 13.9. The summed E-state index contributed by atoms with van der Waals surface area (Å²) in [7, 11) is 2.18. The fourth-order valence-corrected chi connectivity index (χ4v) is 2.50. The molecule has 0 atom stereocenters. The van der Waals surface area contributed by atoms with Gasteiger partial charge >= 0.3 is 5.97 Å². The highest BCUT2D eigenvalue weighted by Gasteiger charge is 2.15. The van der Waals surface area contributed by atoms with Gasteiger partial charge in [-0.05, 0) is 69.6 Å². The molecule has 0 bridgehead atoms. The molecule has 104 valence electrons. The Balaban J connectivity index is 1.72. The Labute approximate surface area is 114 Å². The lowest BCUT2D eigenvalue weighted by molar-refractivity contribution is 0.0697. The van der Waals surface area contributed by atoms with Crippen LogP contribution in [0.1, 0.15) is 29.6 Å². The summed E-state index contributed by atoms with van der Waals surface area (Å²) in [5.41, 5.74) is 1.33. The third-order valence-corrected chi connectivity index (χ3v) is 3.85. The maximum absolute atomic E-state index is 10.7. The zero-order valence-corrected chi connectivity index (χ0v) is 11.4. The van der Waals surface area contributed by atoms with Gasteiger partial charge in [-0.15, -0.1) is 0 Å². The van der Waals surface area contributed by atoms with Crippen LogP contribution in [-0.4, -0.2) is 42.7 Å². The van der Waals surface area contributed by atoms with Crippen LogP contribution >= 0.6 is 0 Å². The van der Waals surface area contributed by atoms with Crippen LogP contribution in [0.4, 0.5) is 5.69 Å². The molecule has 1 saturated heterocycles. The van der Waals surface area contributed by atoms with Gasteiger partial charge in [0.1, 0.15) is 0 Å². The van der Waals surface area contributed by atoms with E-state index in [-0.39, 0.29) is 0 Å². The van der Waals surface area contributed by atoms with Crippen LogP contribution in [0.25, 0.3) is 0 Å². The molecule has 0 amide bonds. The first-order valence-electron chi connectivity index (χ1n) is 6.91. The molecule has 0 spiro atoms. The van der Waals surface area contributed by atoms with E-state index in [2.05, 4.69) is 17.3 Å². The molecule has 4 nitrogen and oxygen atoms in total. The third-order valence-electron chi connectivity index (χ3n) is 3.85. The van der Waals surface area contributed by atoms with Gasteiger partial charge < -0.3 is 15.3 Å². The number of benzene rings is 1. The number of carbonyl (C=O) groups is 1. The zero-order chi connectivity index (χ0) is 13.7. The van der Waals surface area contributed by atoms with Crippen LogP contribution in [0.2, 0.25) is 0 Å². The van der Waals surface area contributed by atoms with Crippen molar-refractivity contribution in [2.45, 2.75) is 19.3 Å². The third kappa shape index (κ3) is 4.24. The molecule has 1 aromatic rings. The van der Waals surface area contributed by atoms with Gasteiger partial charge in [-0.1, -0.05) is 0 Å². The fourth-order valence-electron chi connectivity index (χ4n) is 2.50. The Morgan fingerprint density at radius 2 is 1.95 bits per heavy atom. The smallest absolute Gasteiger partial charge is 0.335 e. The van der Waals surface area contributed by atoms with E-state index in [4.69, 9.17) is 5.11 Å². The first-order chi connectivity index (χ1) is 9.15. The van der Waals surface area contributed by atoms with E-state index >= 15 is 0 Å². The number of nitrogens with zero attached hydrogens (tertiary/aromatic N) is 1. The van der Waals surface area contributed by atoms with Crippen LogP contribution < -0.4 is 5.32 Å². The molecule has 0 unspecified atom stereocenters. The first-order valence-corrected chi connectivity index (χ1v) is 6.91. The molecular weight excluding hydrogens is 240 g/mol. The van der Waals surface area contributed by atoms with Crippen molar-refractivity contribution in [2.75, 3.05) is 32.0 Å². The largest absolute Gasteiger partial charge is 0.478 e. The molecular formula is C15H22N2O2. The van der Waals surface area contributed by atoms with Crippen molar-refractivity contribution in [3.63, 3.8) is 0 Å². The minimum atomic E-state index is -0.877. The normalized spacial score (nSPS) is 17.3. The minimum absolute atomic E-state index is 0.334. The average molecular weight is 262 g/mol. The molecule has 1 aromatic carbocycles. The van der Waals surface area contributed by atoms with Crippen LogP contribution in [0.3, 0.4) is 0 Å². The molecule has 1 heterocycles. The number of nitrogens with one attached hydrogen (secondary N) is 1. The molecule has 19 heavy (non-hydrogen) atoms. The molecule has 0 aliphatic carbocycles. The van der Waals surface area contributed by atoms with Crippen molar-refractivity contribution in [1.82, 2.24) is 4.90 Å². The van der Waals surface area contributed by atoms with Crippen molar-refractivity contribution in [2.24, 2.45) is 5.92 Å². The number of rotatable bonds is 5. The Bertz CT molecular complexity index is 409. The molecule has 0 saturated carbocycles. The summed E-state index contributed by atoms with van der Waals surface area (Å²) in [6, 6.07) is 6.94. The molecule has 1 aliphatic heterocycles. The Morgan fingerprint density at radius 3 is 2.53 bits per heavy atom. The quantitative estimate of drug-likeness (QED) is 0.856. The second kappa shape index (κ2) is 6.57. The topological polar surface area (TPSA) is 52.6 Å². The Morgan fingerprint density at radius 1 is 1.32 bits per heavy atom. The maximum atomic E-state index is 10.7. The number of likely N-dealkylation sites (tertiary alicyclic amines) is 1. The minimum Gasteiger partial charge on any atom is -0.478 e. The highest BCUT2D eigenvalue weighted by molar-refractivity contribution is 5.87. The van der Waals surface area contributed by atoms with Crippen LogP contribution in [0.15, 0.2) is 24.3 Å². The van der Waals surface area contributed by atoms with Gasteiger partial charge in [0.15, 0.2) is 0 Å². The van der Waals surface area contributed by atoms with Crippen LogP contribution in [0.5, 0.6) is 0 Å². The van der Waals surface area contributed by atoms with E-state index in [1.54, 1.807) is 12.1 Å². The Hall–Kier alpha value is -1.55. The molecule has 4 heteroatoms. The number of anilines is 1. The van der Waals surface area contributed by atoms with Crippen molar-refractivity contribution < 1.29 is 9.90 Å². The van der Waals surface area contributed by atoms with Crippen LogP contribution in [0, 0.1) is 5.92 Å². The molecule has 2 N–H and O–H groups in total. The highest BCUT2D eigenvalue weighted by Crippen LogP contribution is 2.19. The van der Waals surface area contributed by atoms with Gasteiger partial charge in [-0.3, -0.25) is 0 Å². The van der Waals surface area contributed by atoms with Crippen molar-refractivity contribution in [3.05, 3.63) is 29.8 Å². The lowest BCUT2D eigenvalue weighted by atomic mass is 9.94. The number of carboxylic acids is 1. The van der Waals surface area contributed by atoms with Crippen molar-refractivity contribution >= 4 is 11.7 Å². The standard InChI is InChI=1S/C15H22N2O2/c1-17-10-7-12(8-11-17)6-9-16-14-4-2-13(3-5-14)15(18)19/h2-5,12,16H,6-11H2,1H3,(H,18,19). The summed E-state index contributed by atoms with van der Waals surface area (Å²) in [6.45, 7) is 3.37. The summed E-state index contributed by atoms with van der Waals surface area (Å²) in [5, 5.41) is 12.2. The van der Waals surface area contributed by atoms with E-state index < -0.39 is 5.97 Å². The second-order valence-electron chi connectivity index (χ2n) is 5.34. The summed E-state index contributed by atoms with van der Waals surface area (Å²) in [4.78, 5) is 13.1. The fraction of sp³-hybridized carbons (Fsp3) is 0.533. The summed E-state index contributed by atoms with van der Waals surface area (Å²) >= 11 is 0. The van der Waals surface area contributed by atoms with Gasteiger partial charge in [0, 0.05) is 12.2 Å². The molecule has 0 radical (unpaired) electrons. The number of hydrogen-bond donors (Lipinski definition) is 2. The summed E-state index contributed by atoms with van der Waals surface area (Å²) in [6.07, 6.45) is 3.76. The maximum Gasteiger partial charge on any atom is 0.335 e. The van der Waals surface area contributed by atoms with Gasteiger partial charge in [-0.25, -0.2) is 4.79 Å². The number of piperidine rings is 1. The van der Waals surface area contributed by atoms with E-state index in [0.29, 0.717) is 5.56 Å². The van der Waals surface area contributed by atoms with Gasteiger partial charge in [0.05, 0.1) is 5.56 Å². The van der Waals surface area contributed by atoms with E-state index in [1.165, 1.54) is 32.4 Å². The average Bonchev–Trinajstić information content (AvgIpc) is 2.41. The highest BCUT2D eigenvalue weighted by atomic mass is 16.4. The molecule has 1 fully saturated rings. The number of hydrogen-bond acceptors (Lipinski definition) is 3. The lowest BCUT2D eigenvalue weighted by Crippen LogP contribution is -2.30. The summed E-state index contributed by atoms with van der Waals surface area (Å²) in [5.74, 6) is -0.0557. The van der Waals surface area contributed by atoms with Crippen molar-refractivity contribution in [1.29, 1.82) is 0 Å². The van der Waals surface area contributed by atoms with E-state index in [9.17, 15) is 4.79 Å². The number of carboxylic acid groups (broad SMARTS) is 1.